The van der Waals surface area contributed by atoms with Gasteiger partial charge < -0.3 is 10.4 Å². The topological polar surface area (TPSA) is 66.4 Å². The van der Waals surface area contributed by atoms with Crippen LogP contribution in [0.15, 0.2) is 6.07 Å². The minimum absolute atomic E-state index is 0.0118. The molecule has 0 unspecified atom stereocenters. The Morgan fingerprint density at radius 3 is 2.00 bits per heavy atom. The van der Waals surface area contributed by atoms with E-state index in [1.54, 1.807) is 13.8 Å². The van der Waals surface area contributed by atoms with Crippen LogP contribution in [-0.4, -0.2) is 23.0 Å². The van der Waals surface area contributed by atoms with E-state index in [9.17, 15) is 27.2 Å². The quantitative estimate of drug-likeness (QED) is 0.649. The summed E-state index contributed by atoms with van der Waals surface area (Å²) in [5.74, 6) is -10.3. The van der Waals surface area contributed by atoms with Crippen LogP contribution in [0.4, 0.5) is 17.6 Å². The van der Waals surface area contributed by atoms with Crippen molar-refractivity contribution >= 4 is 11.9 Å². The van der Waals surface area contributed by atoms with Crippen molar-refractivity contribution in [2.45, 2.75) is 26.3 Å². The first-order chi connectivity index (χ1) is 9.65. The molecular formula is C13H13F4NO3. The molecule has 1 aromatic rings. The molecule has 1 amide bonds. The molecule has 0 saturated carbocycles. The van der Waals surface area contributed by atoms with Gasteiger partial charge in [-0.1, -0.05) is 13.8 Å². The van der Waals surface area contributed by atoms with Gasteiger partial charge in [0.2, 0.25) is 0 Å². The number of aliphatic carboxylic acids is 1. The second-order valence-corrected chi connectivity index (χ2v) is 4.84. The van der Waals surface area contributed by atoms with Crippen LogP contribution >= 0.6 is 0 Å². The van der Waals surface area contributed by atoms with Crippen LogP contribution in [-0.2, 0) is 4.79 Å². The van der Waals surface area contributed by atoms with E-state index in [-0.39, 0.29) is 18.4 Å². The number of amides is 1. The molecule has 116 valence electrons. The molecule has 0 aliphatic rings. The molecule has 0 aliphatic carbocycles. The summed E-state index contributed by atoms with van der Waals surface area (Å²) in [6.45, 7) is 3.34. The van der Waals surface area contributed by atoms with Crippen LogP contribution in [0.3, 0.4) is 0 Å². The second kappa shape index (κ2) is 6.55. The third-order valence-corrected chi connectivity index (χ3v) is 2.65. The van der Waals surface area contributed by atoms with Crippen molar-refractivity contribution in [1.29, 1.82) is 0 Å². The highest BCUT2D eigenvalue weighted by Crippen LogP contribution is 2.19. The smallest absolute Gasteiger partial charge is 0.326 e. The molecule has 0 fully saturated rings. The Morgan fingerprint density at radius 2 is 1.62 bits per heavy atom. The second-order valence-electron chi connectivity index (χ2n) is 4.84. The minimum Gasteiger partial charge on any atom is -0.480 e. The van der Waals surface area contributed by atoms with Gasteiger partial charge in [-0.2, -0.15) is 0 Å². The normalized spacial score (nSPS) is 12.3. The van der Waals surface area contributed by atoms with Crippen LogP contribution in [0.5, 0.6) is 0 Å². The van der Waals surface area contributed by atoms with E-state index < -0.39 is 46.8 Å². The maximum Gasteiger partial charge on any atom is 0.326 e. The summed E-state index contributed by atoms with van der Waals surface area (Å²) >= 11 is 0. The number of hydrogen-bond donors (Lipinski definition) is 2. The zero-order chi connectivity index (χ0) is 16.3. The molecule has 0 heterocycles. The lowest BCUT2D eigenvalue weighted by atomic mass is 10.0. The summed E-state index contributed by atoms with van der Waals surface area (Å²) in [7, 11) is 0. The van der Waals surface area contributed by atoms with Gasteiger partial charge in [-0.3, -0.25) is 4.79 Å². The van der Waals surface area contributed by atoms with E-state index in [1.165, 1.54) is 0 Å². The van der Waals surface area contributed by atoms with Crippen LogP contribution < -0.4 is 5.32 Å². The van der Waals surface area contributed by atoms with Gasteiger partial charge in [0.25, 0.3) is 5.91 Å². The molecular weight excluding hydrogens is 294 g/mol. The summed E-state index contributed by atoms with van der Waals surface area (Å²) in [4.78, 5) is 22.7. The standard InChI is InChI=1S/C13H13F4NO3/c1-5(2)3-8(13(20)21)18-12(19)9-10(16)6(14)4-7(15)11(9)17/h4-5,8H,3H2,1-2H3,(H,18,19)(H,20,21)/t8-/m1/s1. The highest BCUT2D eigenvalue weighted by Gasteiger charge is 2.28. The number of halogens is 4. The van der Waals surface area contributed by atoms with Gasteiger partial charge in [-0.25, -0.2) is 22.4 Å². The van der Waals surface area contributed by atoms with Crippen molar-refractivity contribution in [3.8, 4) is 0 Å². The van der Waals surface area contributed by atoms with Crippen LogP contribution in [0, 0.1) is 29.2 Å². The largest absolute Gasteiger partial charge is 0.480 e. The van der Waals surface area contributed by atoms with Crippen molar-refractivity contribution in [3.63, 3.8) is 0 Å². The lowest BCUT2D eigenvalue weighted by Gasteiger charge is -2.17. The first-order valence-electron chi connectivity index (χ1n) is 6.01. The Hall–Kier alpha value is -2.12. The maximum absolute atomic E-state index is 13.4. The number of rotatable bonds is 5. The number of carbonyl (C=O) groups excluding carboxylic acids is 1. The molecule has 0 radical (unpaired) electrons. The lowest BCUT2D eigenvalue weighted by Crippen LogP contribution is -2.42. The molecule has 0 aromatic heterocycles. The van der Waals surface area contributed by atoms with Crippen molar-refractivity contribution in [2.24, 2.45) is 5.92 Å². The van der Waals surface area contributed by atoms with Gasteiger partial charge in [0.1, 0.15) is 11.6 Å². The average molecular weight is 307 g/mol. The zero-order valence-corrected chi connectivity index (χ0v) is 11.2. The fraction of sp³-hybridized carbons (Fsp3) is 0.385. The van der Waals surface area contributed by atoms with Crippen molar-refractivity contribution in [3.05, 3.63) is 34.9 Å². The van der Waals surface area contributed by atoms with E-state index in [1.807, 2.05) is 5.32 Å². The number of hydrogen-bond acceptors (Lipinski definition) is 2. The summed E-state index contributed by atoms with van der Waals surface area (Å²) in [5, 5.41) is 10.8. The van der Waals surface area contributed by atoms with Gasteiger partial charge >= 0.3 is 5.97 Å². The molecule has 21 heavy (non-hydrogen) atoms. The monoisotopic (exact) mass is 307 g/mol. The fourth-order valence-electron chi connectivity index (χ4n) is 1.70. The molecule has 1 atom stereocenters. The molecule has 8 heteroatoms. The Bertz CT molecular complexity index is 549. The predicted octanol–water partition coefficient (Wildman–Crippen LogP) is 2.47. The van der Waals surface area contributed by atoms with E-state index in [0.717, 1.165) is 0 Å². The van der Waals surface area contributed by atoms with Gasteiger partial charge in [0.15, 0.2) is 23.3 Å². The molecule has 0 bridgehead atoms. The maximum atomic E-state index is 13.4. The number of nitrogens with one attached hydrogen (secondary N) is 1. The van der Waals surface area contributed by atoms with E-state index in [2.05, 4.69) is 0 Å². The van der Waals surface area contributed by atoms with Crippen LogP contribution in [0.25, 0.3) is 0 Å². The van der Waals surface area contributed by atoms with Crippen LogP contribution in [0.1, 0.15) is 30.6 Å². The summed E-state index contributed by atoms with van der Waals surface area (Å²) in [5.41, 5.74) is -1.48. The average Bonchev–Trinajstić information content (AvgIpc) is 2.35. The fourth-order valence-corrected chi connectivity index (χ4v) is 1.70. The predicted molar refractivity (Wildman–Crippen MR) is 64.6 cm³/mol. The third kappa shape index (κ3) is 3.93. The van der Waals surface area contributed by atoms with Gasteiger partial charge in [-0.15, -0.1) is 0 Å². The first kappa shape index (κ1) is 16.9. The molecule has 0 spiro atoms. The van der Waals surface area contributed by atoms with E-state index in [4.69, 9.17) is 5.11 Å². The minimum atomic E-state index is -1.87. The number of benzene rings is 1. The number of carbonyl (C=O) groups is 2. The van der Waals surface area contributed by atoms with Gasteiger partial charge in [0.05, 0.1) is 0 Å². The highest BCUT2D eigenvalue weighted by molar-refractivity contribution is 5.97. The molecule has 1 aromatic carbocycles. The summed E-state index contributed by atoms with van der Waals surface area (Å²) in [6, 6.07) is -1.47. The SMILES string of the molecule is CC(C)C[C@@H](NC(=O)c1c(F)c(F)cc(F)c1F)C(=O)O. The zero-order valence-electron chi connectivity index (χ0n) is 11.2. The van der Waals surface area contributed by atoms with E-state index in [0.29, 0.717) is 0 Å². The van der Waals surface area contributed by atoms with Gasteiger partial charge in [0, 0.05) is 6.07 Å². The van der Waals surface area contributed by atoms with E-state index >= 15 is 0 Å². The summed E-state index contributed by atoms with van der Waals surface area (Å²) in [6.07, 6.45) is -0.0118. The highest BCUT2D eigenvalue weighted by atomic mass is 19.2. The first-order valence-corrected chi connectivity index (χ1v) is 6.01. The molecule has 2 N–H and O–H groups in total. The molecule has 4 nitrogen and oxygen atoms in total. The Labute approximate surface area is 117 Å². The Kier molecular flexibility index (Phi) is 5.28. The summed E-state index contributed by atoms with van der Waals surface area (Å²) < 4.78 is 52.9. The number of carboxylic acids is 1. The number of carboxylic acid groups (broad SMARTS) is 1. The van der Waals surface area contributed by atoms with Crippen molar-refractivity contribution in [2.75, 3.05) is 0 Å². The van der Waals surface area contributed by atoms with Crippen molar-refractivity contribution < 1.29 is 32.3 Å². The van der Waals surface area contributed by atoms with Crippen LogP contribution in [0.2, 0.25) is 0 Å². The van der Waals surface area contributed by atoms with Gasteiger partial charge in [-0.05, 0) is 12.3 Å². The lowest BCUT2D eigenvalue weighted by molar-refractivity contribution is -0.139. The third-order valence-electron chi connectivity index (χ3n) is 2.65. The molecule has 0 aliphatic heterocycles. The molecule has 0 saturated heterocycles. The molecule has 1 rings (SSSR count). The van der Waals surface area contributed by atoms with Crippen molar-refractivity contribution in [1.82, 2.24) is 5.32 Å². The Morgan fingerprint density at radius 1 is 1.14 bits per heavy atom. The Balaban J connectivity index is 3.11.